The first-order valence-corrected chi connectivity index (χ1v) is 13.3. The van der Waals surface area contributed by atoms with E-state index in [-0.39, 0.29) is 24.2 Å². The lowest BCUT2D eigenvalue weighted by Crippen LogP contribution is -2.48. The molecule has 9 heteroatoms. The second-order valence-electron chi connectivity index (χ2n) is 9.53. The van der Waals surface area contributed by atoms with Crippen molar-refractivity contribution in [2.75, 3.05) is 27.9 Å². The van der Waals surface area contributed by atoms with Crippen molar-refractivity contribution in [3.63, 3.8) is 0 Å². The van der Waals surface area contributed by atoms with E-state index in [1.54, 1.807) is 17.0 Å². The van der Waals surface area contributed by atoms with Crippen molar-refractivity contribution < 1.29 is 23.8 Å². The zero-order valence-electron chi connectivity index (χ0n) is 22.8. The summed E-state index contributed by atoms with van der Waals surface area (Å²) in [7, 11) is 4.57. The average molecular weight is 533 g/mol. The average Bonchev–Trinajstić information content (AvgIpc) is 2.99. The number of benzene rings is 2. The number of carbonyl (C=O) groups is 2. The Bertz CT molecular complexity index is 1210. The molecule has 9 nitrogen and oxygen atoms in total. The molecule has 4 rings (SSSR count). The van der Waals surface area contributed by atoms with E-state index in [0.717, 1.165) is 37.7 Å². The summed E-state index contributed by atoms with van der Waals surface area (Å²) in [5.74, 6) is 0.555. The van der Waals surface area contributed by atoms with E-state index in [2.05, 4.69) is 15.3 Å². The van der Waals surface area contributed by atoms with Gasteiger partial charge in [-0.1, -0.05) is 49.6 Å². The highest BCUT2D eigenvalue weighted by molar-refractivity contribution is 5.96. The van der Waals surface area contributed by atoms with Crippen LogP contribution in [0.3, 0.4) is 0 Å². The van der Waals surface area contributed by atoms with Gasteiger partial charge in [-0.05, 0) is 42.5 Å². The first kappa shape index (κ1) is 27.9. The van der Waals surface area contributed by atoms with Crippen LogP contribution in [0, 0.1) is 0 Å². The standard InChI is InChI=1S/C30H36N4O5/c1-37-25-18-22(19-26(38-2)28(25)39-3)27(29(35)33-23-12-8-5-9-13-23)34(17-14-21-10-6-4-7-11-21)30(36)24-20-31-15-16-32-24/h4,6-7,10-11,15-16,18-20,23,27H,5,8-9,12-14,17H2,1-3H3,(H,33,35). The minimum atomic E-state index is -0.973. The Hall–Kier alpha value is -4.14. The van der Waals surface area contributed by atoms with Crippen LogP contribution in [-0.2, 0) is 11.2 Å². The Labute approximate surface area is 229 Å². The molecular weight excluding hydrogens is 496 g/mol. The molecule has 1 atom stereocenters. The lowest BCUT2D eigenvalue weighted by Gasteiger charge is -2.33. The van der Waals surface area contributed by atoms with Crippen LogP contribution in [0.2, 0.25) is 0 Å². The number of nitrogens with zero attached hydrogens (tertiary/aromatic N) is 3. The van der Waals surface area contributed by atoms with Crippen molar-refractivity contribution in [1.82, 2.24) is 20.2 Å². The van der Waals surface area contributed by atoms with Crippen molar-refractivity contribution >= 4 is 11.8 Å². The molecule has 1 fully saturated rings. The van der Waals surface area contributed by atoms with Gasteiger partial charge in [0.1, 0.15) is 11.7 Å². The van der Waals surface area contributed by atoms with Crippen LogP contribution < -0.4 is 19.5 Å². The van der Waals surface area contributed by atoms with Crippen LogP contribution >= 0.6 is 0 Å². The topological polar surface area (TPSA) is 103 Å². The van der Waals surface area contributed by atoms with Gasteiger partial charge in [0, 0.05) is 25.0 Å². The summed E-state index contributed by atoms with van der Waals surface area (Å²) in [6, 6.07) is 12.4. The van der Waals surface area contributed by atoms with E-state index >= 15 is 0 Å². The molecular formula is C30H36N4O5. The molecule has 0 aliphatic heterocycles. The second-order valence-corrected chi connectivity index (χ2v) is 9.53. The van der Waals surface area contributed by atoms with E-state index in [9.17, 15) is 9.59 Å². The first-order chi connectivity index (χ1) is 19.0. The van der Waals surface area contributed by atoms with Crippen LogP contribution in [-0.4, -0.2) is 60.6 Å². The Kier molecular flexibility index (Phi) is 9.72. The number of rotatable bonds is 11. The third-order valence-corrected chi connectivity index (χ3v) is 7.04. The number of aromatic nitrogens is 2. The molecule has 3 aromatic rings. The molecule has 0 saturated heterocycles. The maximum Gasteiger partial charge on any atom is 0.275 e. The Morgan fingerprint density at radius 3 is 2.26 bits per heavy atom. The van der Waals surface area contributed by atoms with Crippen LogP contribution in [0.15, 0.2) is 61.1 Å². The van der Waals surface area contributed by atoms with Gasteiger partial charge in [-0.25, -0.2) is 4.98 Å². The Morgan fingerprint density at radius 2 is 1.67 bits per heavy atom. The van der Waals surface area contributed by atoms with Gasteiger partial charge in [0.05, 0.1) is 27.5 Å². The van der Waals surface area contributed by atoms with Crippen molar-refractivity contribution in [1.29, 1.82) is 0 Å². The fourth-order valence-electron chi connectivity index (χ4n) is 5.06. The molecule has 1 N–H and O–H groups in total. The van der Waals surface area contributed by atoms with Crippen molar-refractivity contribution in [3.8, 4) is 17.2 Å². The van der Waals surface area contributed by atoms with Gasteiger partial charge in [-0.2, -0.15) is 0 Å². The van der Waals surface area contributed by atoms with Crippen LogP contribution in [0.25, 0.3) is 0 Å². The summed E-state index contributed by atoms with van der Waals surface area (Å²) >= 11 is 0. The third-order valence-electron chi connectivity index (χ3n) is 7.04. The summed E-state index contributed by atoms with van der Waals surface area (Å²) in [6.07, 6.45) is 10.1. The van der Waals surface area contributed by atoms with Crippen LogP contribution in [0.4, 0.5) is 0 Å². The molecule has 39 heavy (non-hydrogen) atoms. The molecule has 0 spiro atoms. The largest absolute Gasteiger partial charge is 0.493 e. The summed E-state index contributed by atoms with van der Waals surface area (Å²) in [5.41, 5.74) is 1.75. The molecule has 2 aromatic carbocycles. The van der Waals surface area contributed by atoms with Crippen molar-refractivity contribution in [3.05, 3.63) is 77.9 Å². The zero-order chi connectivity index (χ0) is 27.6. The predicted octanol–water partition coefficient (Wildman–Crippen LogP) is 4.38. The molecule has 0 bridgehead atoms. The summed E-state index contributed by atoms with van der Waals surface area (Å²) in [5, 5.41) is 3.22. The SMILES string of the molecule is COc1cc(C(C(=O)NC2CCCCC2)N(CCc2ccccc2)C(=O)c2cnccn2)cc(OC)c1OC. The predicted molar refractivity (Wildman–Crippen MR) is 147 cm³/mol. The Balaban J connectivity index is 1.80. The molecule has 2 amide bonds. The van der Waals surface area contributed by atoms with E-state index in [0.29, 0.717) is 29.2 Å². The normalized spacial score (nSPS) is 14.2. The minimum Gasteiger partial charge on any atom is -0.493 e. The molecule has 1 aliphatic rings. The van der Waals surface area contributed by atoms with Crippen LogP contribution in [0.5, 0.6) is 17.2 Å². The lowest BCUT2D eigenvalue weighted by molar-refractivity contribution is -0.126. The highest BCUT2D eigenvalue weighted by atomic mass is 16.5. The molecule has 1 unspecified atom stereocenters. The number of methoxy groups -OCH3 is 3. The molecule has 206 valence electrons. The maximum absolute atomic E-state index is 14.1. The summed E-state index contributed by atoms with van der Waals surface area (Å²) in [6.45, 7) is 0.277. The smallest absolute Gasteiger partial charge is 0.275 e. The van der Waals surface area contributed by atoms with Gasteiger partial charge in [0.15, 0.2) is 11.5 Å². The third kappa shape index (κ3) is 6.85. The van der Waals surface area contributed by atoms with E-state index < -0.39 is 11.9 Å². The van der Waals surface area contributed by atoms with Gasteiger partial charge in [-0.15, -0.1) is 0 Å². The molecule has 0 radical (unpaired) electrons. The number of carbonyl (C=O) groups excluding carboxylic acids is 2. The molecule has 1 aliphatic carbocycles. The Morgan fingerprint density at radius 1 is 0.974 bits per heavy atom. The van der Waals surface area contributed by atoms with Gasteiger partial charge >= 0.3 is 0 Å². The summed E-state index contributed by atoms with van der Waals surface area (Å²) in [4.78, 5) is 38.0. The first-order valence-electron chi connectivity index (χ1n) is 13.3. The quantitative estimate of drug-likeness (QED) is 0.391. The number of amides is 2. The number of ether oxygens (including phenoxy) is 3. The second kappa shape index (κ2) is 13.6. The maximum atomic E-state index is 14.1. The molecule has 1 heterocycles. The molecule has 1 saturated carbocycles. The minimum absolute atomic E-state index is 0.0541. The van der Waals surface area contributed by atoms with E-state index in [1.165, 1.54) is 39.9 Å². The summed E-state index contributed by atoms with van der Waals surface area (Å²) < 4.78 is 16.7. The fourth-order valence-corrected chi connectivity index (χ4v) is 5.06. The zero-order valence-corrected chi connectivity index (χ0v) is 22.8. The van der Waals surface area contributed by atoms with Gasteiger partial charge in [-0.3, -0.25) is 14.6 Å². The van der Waals surface area contributed by atoms with Gasteiger partial charge < -0.3 is 24.4 Å². The van der Waals surface area contributed by atoms with E-state index in [1.807, 2.05) is 30.3 Å². The number of hydrogen-bond acceptors (Lipinski definition) is 7. The van der Waals surface area contributed by atoms with Crippen LogP contribution in [0.1, 0.15) is 59.8 Å². The molecule has 1 aromatic heterocycles. The highest BCUT2D eigenvalue weighted by Crippen LogP contribution is 2.41. The van der Waals surface area contributed by atoms with Gasteiger partial charge in [0.25, 0.3) is 5.91 Å². The highest BCUT2D eigenvalue weighted by Gasteiger charge is 2.35. The monoisotopic (exact) mass is 532 g/mol. The lowest BCUT2D eigenvalue weighted by atomic mass is 9.94. The number of hydrogen-bond donors (Lipinski definition) is 1. The van der Waals surface area contributed by atoms with Crippen molar-refractivity contribution in [2.45, 2.75) is 50.6 Å². The van der Waals surface area contributed by atoms with Gasteiger partial charge in [0.2, 0.25) is 11.7 Å². The number of nitrogens with one attached hydrogen (secondary N) is 1. The van der Waals surface area contributed by atoms with Crippen molar-refractivity contribution in [2.24, 2.45) is 0 Å². The van der Waals surface area contributed by atoms with E-state index in [4.69, 9.17) is 14.2 Å². The fraction of sp³-hybridized carbons (Fsp3) is 0.400.